The summed E-state index contributed by atoms with van der Waals surface area (Å²) in [5, 5.41) is 2.94. The summed E-state index contributed by atoms with van der Waals surface area (Å²) in [5.41, 5.74) is -0.132. The molecule has 2 aliphatic rings. The van der Waals surface area contributed by atoms with E-state index in [0.717, 1.165) is 25.7 Å². The maximum atomic E-state index is 14.0. The molecule has 0 bridgehead atoms. The molecule has 0 unspecified atom stereocenters. The maximum absolute atomic E-state index is 14.0. The molecule has 2 fully saturated rings. The first kappa shape index (κ1) is 22.1. The van der Waals surface area contributed by atoms with Crippen LogP contribution in [0.5, 0.6) is 0 Å². The molecule has 0 atom stereocenters. The summed E-state index contributed by atoms with van der Waals surface area (Å²) < 4.78 is 0. The lowest BCUT2D eigenvalue weighted by atomic mass is 9.78. The van der Waals surface area contributed by atoms with Crippen molar-refractivity contribution < 1.29 is 14.4 Å². The minimum atomic E-state index is -1.38. The average molecular weight is 434 g/mol. The van der Waals surface area contributed by atoms with Crippen molar-refractivity contribution in [1.82, 2.24) is 4.90 Å². The Hall–Kier alpha value is -3.15. The SMILES string of the molecule is CCCCC1(CC(=O)N2CCCCC2)C(=O)N(c2ccccc2)N(c2ccccc2)C1=O. The molecule has 6 nitrogen and oxygen atoms in total. The van der Waals surface area contributed by atoms with Crippen molar-refractivity contribution in [2.45, 2.75) is 51.9 Å². The first-order valence-electron chi connectivity index (χ1n) is 11.7. The Kier molecular flexibility index (Phi) is 6.58. The Morgan fingerprint density at radius 1 is 0.812 bits per heavy atom. The molecule has 2 aromatic rings. The number of rotatable bonds is 7. The Morgan fingerprint density at radius 2 is 1.31 bits per heavy atom. The monoisotopic (exact) mass is 433 g/mol. The second-order valence-corrected chi connectivity index (χ2v) is 8.71. The zero-order valence-corrected chi connectivity index (χ0v) is 18.7. The summed E-state index contributed by atoms with van der Waals surface area (Å²) in [5.74, 6) is -0.710. The lowest BCUT2D eigenvalue weighted by molar-refractivity contribution is -0.145. The first-order chi connectivity index (χ1) is 15.6. The van der Waals surface area contributed by atoms with Crippen LogP contribution in [0.25, 0.3) is 0 Å². The predicted octanol–water partition coefficient (Wildman–Crippen LogP) is 4.56. The smallest absolute Gasteiger partial charge is 0.262 e. The predicted molar refractivity (Wildman–Crippen MR) is 125 cm³/mol. The van der Waals surface area contributed by atoms with Crippen molar-refractivity contribution in [2.24, 2.45) is 5.41 Å². The summed E-state index contributed by atoms with van der Waals surface area (Å²) in [6.07, 6.45) is 4.91. The molecule has 0 N–H and O–H groups in total. The maximum Gasteiger partial charge on any atom is 0.262 e. The summed E-state index contributed by atoms with van der Waals surface area (Å²) in [6.45, 7) is 3.44. The molecule has 0 aliphatic carbocycles. The quantitative estimate of drug-likeness (QED) is 0.602. The fourth-order valence-corrected chi connectivity index (χ4v) is 4.73. The molecular formula is C26H31N3O3. The zero-order valence-electron chi connectivity index (χ0n) is 18.7. The number of unbranched alkanes of at least 4 members (excludes halogenated alkanes) is 1. The van der Waals surface area contributed by atoms with Gasteiger partial charge in [0.05, 0.1) is 17.8 Å². The van der Waals surface area contributed by atoms with E-state index in [9.17, 15) is 14.4 Å². The van der Waals surface area contributed by atoms with Crippen LogP contribution in [-0.4, -0.2) is 35.7 Å². The van der Waals surface area contributed by atoms with Gasteiger partial charge in [-0.25, -0.2) is 10.0 Å². The van der Waals surface area contributed by atoms with Gasteiger partial charge >= 0.3 is 0 Å². The molecule has 0 saturated carbocycles. The number of hydrogen-bond acceptors (Lipinski definition) is 3. The molecular weight excluding hydrogens is 402 g/mol. The number of piperidine rings is 1. The normalized spacial score (nSPS) is 18.3. The van der Waals surface area contributed by atoms with Crippen LogP contribution in [0.4, 0.5) is 11.4 Å². The topological polar surface area (TPSA) is 60.9 Å². The van der Waals surface area contributed by atoms with E-state index in [1.807, 2.05) is 72.5 Å². The Morgan fingerprint density at radius 3 is 1.78 bits per heavy atom. The largest absolute Gasteiger partial charge is 0.343 e. The molecule has 3 amide bonds. The number of nitrogens with zero attached hydrogens (tertiary/aromatic N) is 3. The number of carbonyl (C=O) groups is 3. The first-order valence-corrected chi connectivity index (χ1v) is 11.7. The van der Waals surface area contributed by atoms with Gasteiger partial charge < -0.3 is 4.90 Å². The molecule has 2 aliphatic heterocycles. The van der Waals surface area contributed by atoms with Crippen LogP contribution < -0.4 is 10.0 Å². The highest BCUT2D eigenvalue weighted by Crippen LogP contribution is 2.44. The highest BCUT2D eigenvalue weighted by molar-refractivity contribution is 6.27. The highest BCUT2D eigenvalue weighted by Gasteiger charge is 2.60. The van der Waals surface area contributed by atoms with Crippen LogP contribution in [0.2, 0.25) is 0 Å². The van der Waals surface area contributed by atoms with E-state index in [4.69, 9.17) is 0 Å². The summed E-state index contributed by atoms with van der Waals surface area (Å²) >= 11 is 0. The summed E-state index contributed by atoms with van der Waals surface area (Å²) in [6, 6.07) is 18.4. The van der Waals surface area contributed by atoms with Crippen molar-refractivity contribution in [3.8, 4) is 0 Å². The zero-order chi connectivity index (χ0) is 22.6. The van der Waals surface area contributed by atoms with Crippen molar-refractivity contribution in [1.29, 1.82) is 0 Å². The second kappa shape index (κ2) is 9.55. The number of anilines is 2. The molecule has 2 aromatic carbocycles. The van der Waals surface area contributed by atoms with Crippen LogP contribution >= 0.6 is 0 Å². The lowest BCUT2D eigenvalue weighted by Crippen LogP contribution is -2.44. The molecule has 0 spiro atoms. The van der Waals surface area contributed by atoms with E-state index in [0.29, 0.717) is 37.3 Å². The molecule has 2 saturated heterocycles. The Balaban J connectivity index is 1.77. The van der Waals surface area contributed by atoms with Gasteiger partial charge in [-0.1, -0.05) is 56.2 Å². The third kappa shape index (κ3) is 4.01. The third-order valence-corrected chi connectivity index (χ3v) is 6.52. The fraction of sp³-hybridized carbons (Fsp3) is 0.423. The molecule has 168 valence electrons. The number of para-hydroxylation sites is 2. The van der Waals surface area contributed by atoms with E-state index < -0.39 is 5.41 Å². The molecule has 0 radical (unpaired) electrons. The van der Waals surface area contributed by atoms with Crippen LogP contribution in [0.1, 0.15) is 51.9 Å². The minimum Gasteiger partial charge on any atom is -0.343 e. The Labute approximate surface area is 189 Å². The van der Waals surface area contributed by atoms with E-state index >= 15 is 0 Å². The molecule has 6 heteroatoms. The van der Waals surface area contributed by atoms with Crippen molar-refractivity contribution in [3.63, 3.8) is 0 Å². The number of amides is 3. The van der Waals surface area contributed by atoms with Gasteiger partial charge in [0.15, 0.2) is 0 Å². The number of carbonyl (C=O) groups excluding carboxylic acids is 3. The highest BCUT2D eigenvalue weighted by atomic mass is 16.2. The van der Waals surface area contributed by atoms with Gasteiger partial charge in [-0.3, -0.25) is 14.4 Å². The van der Waals surface area contributed by atoms with Crippen molar-refractivity contribution in [2.75, 3.05) is 23.1 Å². The van der Waals surface area contributed by atoms with Gasteiger partial charge in [0.1, 0.15) is 5.41 Å². The summed E-state index contributed by atoms with van der Waals surface area (Å²) in [4.78, 5) is 43.2. The molecule has 0 aromatic heterocycles. The van der Waals surface area contributed by atoms with Gasteiger partial charge in [-0.2, -0.15) is 0 Å². The van der Waals surface area contributed by atoms with Crippen LogP contribution in [0, 0.1) is 5.41 Å². The average Bonchev–Trinajstić information content (AvgIpc) is 3.06. The van der Waals surface area contributed by atoms with Gasteiger partial charge in [0.2, 0.25) is 5.91 Å². The minimum absolute atomic E-state index is 0.0721. The second-order valence-electron chi connectivity index (χ2n) is 8.71. The van der Waals surface area contributed by atoms with Crippen molar-refractivity contribution >= 4 is 29.1 Å². The number of hydrogen-bond donors (Lipinski definition) is 0. The fourth-order valence-electron chi connectivity index (χ4n) is 4.73. The third-order valence-electron chi connectivity index (χ3n) is 6.52. The van der Waals surface area contributed by atoms with Gasteiger partial charge in [-0.15, -0.1) is 0 Å². The molecule has 2 heterocycles. The Bertz CT molecular complexity index is 897. The standard InChI is InChI=1S/C26H31N3O3/c1-2-3-17-26(20-23(30)27-18-11-6-12-19-27)24(31)28(21-13-7-4-8-14-21)29(25(26)32)22-15-9-5-10-16-22/h4-5,7-10,13-16H,2-3,6,11-12,17-20H2,1H3. The van der Waals surface area contributed by atoms with Crippen molar-refractivity contribution in [3.05, 3.63) is 60.7 Å². The molecule has 4 rings (SSSR count). The number of hydrazine groups is 1. The van der Waals surface area contributed by atoms with Gasteiger partial charge in [-0.05, 0) is 49.9 Å². The van der Waals surface area contributed by atoms with Crippen LogP contribution in [-0.2, 0) is 14.4 Å². The van der Waals surface area contributed by atoms with E-state index in [1.165, 1.54) is 10.0 Å². The number of likely N-dealkylation sites (tertiary alicyclic amines) is 1. The van der Waals surface area contributed by atoms with Gasteiger partial charge in [0.25, 0.3) is 11.8 Å². The van der Waals surface area contributed by atoms with Crippen LogP contribution in [0.3, 0.4) is 0 Å². The summed E-state index contributed by atoms with van der Waals surface area (Å²) in [7, 11) is 0. The lowest BCUT2D eigenvalue weighted by Gasteiger charge is -2.30. The van der Waals surface area contributed by atoms with E-state index in [1.54, 1.807) is 0 Å². The van der Waals surface area contributed by atoms with E-state index in [-0.39, 0.29) is 24.1 Å². The number of benzene rings is 2. The van der Waals surface area contributed by atoms with E-state index in [2.05, 4.69) is 0 Å². The molecule has 32 heavy (non-hydrogen) atoms. The van der Waals surface area contributed by atoms with Crippen LogP contribution in [0.15, 0.2) is 60.7 Å². The van der Waals surface area contributed by atoms with Gasteiger partial charge in [0, 0.05) is 13.1 Å².